The van der Waals surface area contributed by atoms with Crippen molar-refractivity contribution in [2.75, 3.05) is 7.05 Å². The van der Waals surface area contributed by atoms with Crippen LogP contribution in [0.3, 0.4) is 0 Å². The fourth-order valence-corrected chi connectivity index (χ4v) is 2.23. The lowest BCUT2D eigenvalue weighted by Crippen LogP contribution is -2.20. The summed E-state index contributed by atoms with van der Waals surface area (Å²) in [5.74, 6) is -0.886. The number of halogens is 1. The molecule has 0 heterocycles. The van der Waals surface area contributed by atoms with E-state index in [2.05, 4.69) is 27.9 Å². The van der Waals surface area contributed by atoms with Gasteiger partial charge in [-0.05, 0) is 37.6 Å². The van der Waals surface area contributed by atoms with Crippen LogP contribution in [0.2, 0.25) is 0 Å². The van der Waals surface area contributed by atoms with E-state index in [9.17, 15) is 4.79 Å². The summed E-state index contributed by atoms with van der Waals surface area (Å²) in [5.41, 5.74) is 1.46. The topological polar surface area (TPSA) is 40.5 Å². The maximum Gasteiger partial charge on any atom is 0.335 e. The summed E-state index contributed by atoms with van der Waals surface area (Å²) < 4.78 is 0.875. The number of carboxylic acids is 1. The number of rotatable bonds is 4. The van der Waals surface area contributed by atoms with Crippen LogP contribution in [0.15, 0.2) is 22.7 Å². The van der Waals surface area contributed by atoms with Gasteiger partial charge in [-0.15, -0.1) is 0 Å². The highest BCUT2D eigenvalue weighted by molar-refractivity contribution is 9.10. The quantitative estimate of drug-likeness (QED) is 0.924. The first-order valence-corrected chi connectivity index (χ1v) is 6.09. The highest BCUT2D eigenvalue weighted by Gasteiger charge is 2.26. The molecule has 3 nitrogen and oxygen atoms in total. The van der Waals surface area contributed by atoms with Gasteiger partial charge in [0.2, 0.25) is 0 Å². The van der Waals surface area contributed by atoms with Gasteiger partial charge in [-0.25, -0.2) is 4.79 Å². The van der Waals surface area contributed by atoms with E-state index >= 15 is 0 Å². The molecule has 16 heavy (non-hydrogen) atoms. The van der Waals surface area contributed by atoms with Crippen molar-refractivity contribution >= 4 is 21.9 Å². The molecule has 86 valence electrons. The largest absolute Gasteiger partial charge is 0.478 e. The summed E-state index contributed by atoms with van der Waals surface area (Å²) >= 11 is 3.42. The molecular weight excluding hydrogens is 270 g/mol. The SMILES string of the molecule is CN(Cc1ccc(C(=O)O)cc1Br)C1CC1. The van der Waals surface area contributed by atoms with Gasteiger partial charge < -0.3 is 5.11 Å². The summed E-state index contributed by atoms with van der Waals surface area (Å²) in [5, 5.41) is 8.85. The van der Waals surface area contributed by atoms with Gasteiger partial charge in [0.25, 0.3) is 0 Å². The molecule has 1 aliphatic carbocycles. The Labute approximate surface area is 103 Å². The number of nitrogens with zero attached hydrogens (tertiary/aromatic N) is 1. The maximum absolute atomic E-state index is 10.8. The second kappa shape index (κ2) is 4.55. The monoisotopic (exact) mass is 283 g/mol. The number of aromatic carboxylic acids is 1. The molecule has 0 aromatic heterocycles. The van der Waals surface area contributed by atoms with Crippen LogP contribution >= 0.6 is 15.9 Å². The molecule has 1 aliphatic rings. The second-order valence-electron chi connectivity index (χ2n) is 4.26. The first-order chi connectivity index (χ1) is 7.58. The fraction of sp³-hybridized carbons (Fsp3) is 0.417. The Hall–Kier alpha value is -0.870. The minimum Gasteiger partial charge on any atom is -0.478 e. The standard InChI is InChI=1S/C12H14BrNO2/c1-14(10-4-5-10)7-9-3-2-8(12(15)16)6-11(9)13/h2-3,6,10H,4-5,7H2,1H3,(H,15,16). The minimum atomic E-state index is -0.886. The summed E-state index contributed by atoms with van der Waals surface area (Å²) in [4.78, 5) is 13.1. The zero-order valence-corrected chi connectivity index (χ0v) is 10.7. The molecule has 0 radical (unpaired) electrons. The molecule has 0 unspecified atom stereocenters. The van der Waals surface area contributed by atoms with E-state index in [1.807, 2.05) is 6.07 Å². The summed E-state index contributed by atoms with van der Waals surface area (Å²) in [6.45, 7) is 0.866. The van der Waals surface area contributed by atoms with Gasteiger partial charge in [0.15, 0.2) is 0 Å². The van der Waals surface area contributed by atoms with Crippen LogP contribution in [-0.2, 0) is 6.54 Å². The lowest BCUT2D eigenvalue weighted by atomic mass is 10.1. The molecule has 0 spiro atoms. The summed E-state index contributed by atoms with van der Waals surface area (Å²) in [7, 11) is 2.11. The van der Waals surface area contributed by atoms with Crippen molar-refractivity contribution in [1.82, 2.24) is 4.90 Å². The zero-order valence-electron chi connectivity index (χ0n) is 9.11. The van der Waals surface area contributed by atoms with Crippen LogP contribution in [0.25, 0.3) is 0 Å². The molecule has 0 bridgehead atoms. The molecular formula is C12H14BrNO2. The average molecular weight is 284 g/mol. The molecule has 0 aliphatic heterocycles. The molecule has 1 aromatic carbocycles. The molecule has 1 aromatic rings. The lowest BCUT2D eigenvalue weighted by molar-refractivity contribution is 0.0697. The van der Waals surface area contributed by atoms with Gasteiger partial charge in [0.05, 0.1) is 5.56 Å². The smallest absolute Gasteiger partial charge is 0.335 e. The third kappa shape index (κ3) is 2.62. The van der Waals surface area contributed by atoms with Crippen molar-refractivity contribution in [3.63, 3.8) is 0 Å². The van der Waals surface area contributed by atoms with Gasteiger partial charge in [-0.2, -0.15) is 0 Å². The number of carboxylic acid groups (broad SMARTS) is 1. The van der Waals surface area contributed by atoms with Crippen LogP contribution in [-0.4, -0.2) is 29.1 Å². The Balaban J connectivity index is 2.12. The predicted molar refractivity (Wildman–Crippen MR) is 65.6 cm³/mol. The van der Waals surface area contributed by atoms with Gasteiger partial charge in [-0.1, -0.05) is 22.0 Å². The van der Waals surface area contributed by atoms with Crippen molar-refractivity contribution in [2.45, 2.75) is 25.4 Å². The molecule has 1 fully saturated rings. The lowest BCUT2D eigenvalue weighted by Gasteiger charge is -2.16. The molecule has 4 heteroatoms. The molecule has 1 saturated carbocycles. The fourth-order valence-electron chi connectivity index (χ4n) is 1.72. The van der Waals surface area contributed by atoms with Crippen LogP contribution in [0.4, 0.5) is 0 Å². The molecule has 2 rings (SSSR count). The van der Waals surface area contributed by atoms with Crippen molar-refractivity contribution in [2.24, 2.45) is 0 Å². The van der Waals surface area contributed by atoms with Gasteiger partial charge in [-0.3, -0.25) is 4.90 Å². The zero-order chi connectivity index (χ0) is 11.7. The summed E-state index contributed by atoms with van der Waals surface area (Å²) in [6, 6.07) is 5.92. The third-order valence-electron chi connectivity index (χ3n) is 2.89. The third-order valence-corrected chi connectivity index (χ3v) is 3.63. The minimum absolute atomic E-state index is 0.324. The Morgan fingerprint density at radius 2 is 2.25 bits per heavy atom. The van der Waals surface area contributed by atoms with Crippen LogP contribution in [0.1, 0.15) is 28.8 Å². The van der Waals surface area contributed by atoms with Crippen LogP contribution in [0, 0.1) is 0 Å². The Morgan fingerprint density at radius 1 is 1.56 bits per heavy atom. The van der Waals surface area contributed by atoms with Crippen molar-refractivity contribution in [1.29, 1.82) is 0 Å². The van der Waals surface area contributed by atoms with Gasteiger partial charge in [0, 0.05) is 17.1 Å². The van der Waals surface area contributed by atoms with Crippen LogP contribution in [0.5, 0.6) is 0 Å². The predicted octanol–water partition coefficient (Wildman–Crippen LogP) is 2.74. The van der Waals surface area contributed by atoms with E-state index in [1.165, 1.54) is 12.8 Å². The highest BCUT2D eigenvalue weighted by Crippen LogP contribution is 2.28. The normalized spacial score (nSPS) is 15.4. The average Bonchev–Trinajstić information content (AvgIpc) is 3.03. The summed E-state index contributed by atoms with van der Waals surface area (Å²) in [6.07, 6.45) is 2.56. The first-order valence-electron chi connectivity index (χ1n) is 5.30. The number of benzene rings is 1. The Morgan fingerprint density at radius 3 is 2.75 bits per heavy atom. The van der Waals surface area contributed by atoms with E-state index < -0.39 is 5.97 Å². The maximum atomic E-state index is 10.8. The van der Waals surface area contributed by atoms with Gasteiger partial charge in [0.1, 0.15) is 0 Å². The molecule has 0 atom stereocenters. The van der Waals surface area contributed by atoms with Gasteiger partial charge >= 0.3 is 5.97 Å². The van der Waals surface area contributed by atoms with E-state index in [1.54, 1.807) is 12.1 Å². The van der Waals surface area contributed by atoms with Crippen molar-refractivity contribution in [3.05, 3.63) is 33.8 Å². The van der Waals surface area contributed by atoms with E-state index in [-0.39, 0.29) is 0 Å². The van der Waals surface area contributed by atoms with Crippen LogP contribution < -0.4 is 0 Å². The Kier molecular flexibility index (Phi) is 3.30. The molecule has 0 amide bonds. The highest BCUT2D eigenvalue weighted by atomic mass is 79.9. The Bertz CT molecular complexity index is 415. The first kappa shape index (κ1) is 11.6. The van der Waals surface area contributed by atoms with Crippen molar-refractivity contribution in [3.8, 4) is 0 Å². The molecule has 0 saturated heterocycles. The number of carbonyl (C=O) groups is 1. The van der Waals surface area contributed by atoms with E-state index in [0.29, 0.717) is 11.6 Å². The van der Waals surface area contributed by atoms with Crippen molar-refractivity contribution < 1.29 is 9.90 Å². The van der Waals surface area contributed by atoms with E-state index in [4.69, 9.17) is 5.11 Å². The second-order valence-corrected chi connectivity index (χ2v) is 5.11. The number of hydrogen-bond donors (Lipinski definition) is 1. The molecule has 1 N–H and O–H groups in total. The van der Waals surface area contributed by atoms with E-state index in [0.717, 1.165) is 16.6 Å². The number of hydrogen-bond acceptors (Lipinski definition) is 2.